The van der Waals surface area contributed by atoms with Crippen molar-refractivity contribution in [3.8, 4) is 0 Å². The molecule has 0 aromatic rings. The molecule has 0 spiro atoms. The van der Waals surface area contributed by atoms with E-state index in [0.717, 1.165) is 91.6 Å². The van der Waals surface area contributed by atoms with Crippen LogP contribution in [-0.4, -0.2) is 106 Å². The standard InChI is InChI=1S/C18H31N3O3/c1-19-12-17(14-20-4-8-23-9-5-20)2-3-18(13-19,16(17)22)15-21-6-10-24-11-7-21/h2-15H2,1H3. The van der Waals surface area contributed by atoms with Crippen LogP contribution < -0.4 is 0 Å². The molecule has 6 nitrogen and oxygen atoms in total. The van der Waals surface area contributed by atoms with Crippen molar-refractivity contribution in [2.75, 3.05) is 85.8 Å². The van der Waals surface area contributed by atoms with Gasteiger partial charge >= 0.3 is 0 Å². The molecule has 0 radical (unpaired) electrons. The molecule has 6 heteroatoms. The van der Waals surface area contributed by atoms with Crippen LogP contribution in [0.2, 0.25) is 0 Å². The van der Waals surface area contributed by atoms with Gasteiger partial charge in [0, 0.05) is 52.4 Å². The lowest BCUT2D eigenvalue weighted by molar-refractivity contribution is -0.144. The van der Waals surface area contributed by atoms with Crippen LogP contribution in [0, 0.1) is 10.8 Å². The first kappa shape index (κ1) is 16.9. The summed E-state index contributed by atoms with van der Waals surface area (Å²) in [5.74, 6) is 0.547. The second-order valence-electron chi connectivity index (χ2n) is 8.34. The van der Waals surface area contributed by atoms with Crippen molar-refractivity contribution in [3.63, 3.8) is 0 Å². The SMILES string of the molecule is CN1CC2(CN3CCOCC3)CCC(CN3CCOCC3)(C1)C2=O. The molecular formula is C18H31N3O3. The Hall–Kier alpha value is -0.530. The summed E-state index contributed by atoms with van der Waals surface area (Å²) in [6.45, 7) is 10.8. The van der Waals surface area contributed by atoms with Crippen molar-refractivity contribution in [1.82, 2.24) is 14.7 Å². The Kier molecular flexibility index (Phi) is 4.69. The minimum Gasteiger partial charge on any atom is -0.379 e. The van der Waals surface area contributed by atoms with Gasteiger partial charge in [0.2, 0.25) is 0 Å². The van der Waals surface area contributed by atoms with Crippen LogP contribution in [0.5, 0.6) is 0 Å². The van der Waals surface area contributed by atoms with Gasteiger partial charge in [-0.25, -0.2) is 0 Å². The molecule has 2 bridgehead atoms. The third kappa shape index (κ3) is 3.03. The number of Topliss-reactive ketones (excluding diaryl/α,β-unsaturated/α-hetero) is 1. The number of ether oxygens (including phenoxy) is 2. The van der Waals surface area contributed by atoms with Crippen LogP contribution in [-0.2, 0) is 14.3 Å². The summed E-state index contributed by atoms with van der Waals surface area (Å²) in [6.07, 6.45) is 2.11. The number of rotatable bonds is 4. The number of hydrogen-bond acceptors (Lipinski definition) is 6. The average Bonchev–Trinajstić information content (AvgIpc) is 2.74. The van der Waals surface area contributed by atoms with Crippen LogP contribution in [0.25, 0.3) is 0 Å². The normalized spacial score (nSPS) is 39.5. The molecule has 136 valence electrons. The van der Waals surface area contributed by atoms with Gasteiger partial charge in [0.25, 0.3) is 0 Å². The number of nitrogens with zero attached hydrogens (tertiary/aromatic N) is 3. The van der Waals surface area contributed by atoms with E-state index in [4.69, 9.17) is 9.47 Å². The summed E-state index contributed by atoms with van der Waals surface area (Å²) in [4.78, 5) is 20.9. The average molecular weight is 337 g/mol. The number of piperidine rings is 1. The quantitative estimate of drug-likeness (QED) is 0.716. The van der Waals surface area contributed by atoms with Gasteiger partial charge in [-0.3, -0.25) is 14.6 Å². The van der Waals surface area contributed by atoms with Crippen molar-refractivity contribution in [3.05, 3.63) is 0 Å². The van der Waals surface area contributed by atoms with Gasteiger partial charge in [-0.05, 0) is 19.9 Å². The highest BCUT2D eigenvalue weighted by Crippen LogP contribution is 2.51. The van der Waals surface area contributed by atoms with E-state index in [1.54, 1.807) is 0 Å². The molecule has 0 aromatic carbocycles. The Morgan fingerprint density at radius 1 is 0.833 bits per heavy atom. The van der Waals surface area contributed by atoms with Gasteiger partial charge in [0.05, 0.1) is 37.3 Å². The lowest BCUT2D eigenvalue weighted by Gasteiger charge is -2.46. The molecule has 3 heterocycles. The predicted molar refractivity (Wildman–Crippen MR) is 91.1 cm³/mol. The maximum absolute atomic E-state index is 13.6. The molecule has 2 atom stereocenters. The molecule has 0 aromatic heterocycles. The van der Waals surface area contributed by atoms with Crippen molar-refractivity contribution in [2.45, 2.75) is 12.8 Å². The minimum absolute atomic E-state index is 0.156. The summed E-state index contributed by atoms with van der Waals surface area (Å²) in [5.41, 5.74) is -0.312. The Labute approximate surface area is 145 Å². The molecule has 0 amide bonds. The number of morpholine rings is 2. The lowest BCUT2D eigenvalue weighted by atomic mass is 9.73. The number of fused-ring (bicyclic) bond motifs is 2. The van der Waals surface area contributed by atoms with E-state index in [-0.39, 0.29) is 10.8 Å². The topological polar surface area (TPSA) is 45.2 Å². The second-order valence-corrected chi connectivity index (χ2v) is 8.34. The Morgan fingerprint density at radius 2 is 1.25 bits per heavy atom. The molecular weight excluding hydrogens is 306 g/mol. The zero-order chi connectivity index (χ0) is 16.6. The zero-order valence-electron chi connectivity index (χ0n) is 15.0. The molecule has 24 heavy (non-hydrogen) atoms. The fraction of sp³-hybridized carbons (Fsp3) is 0.944. The van der Waals surface area contributed by atoms with Gasteiger partial charge in [-0.15, -0.1) is 0 Å². The molecule has 4 fully saturated rings. The third-order valence-corrected chi connectivity index (χ3v) is 6.45. The minimum atomic E-state index is -0.156. The van der Waals surface area contributed by atoms with Crippen molar-refractivity contribution >= 4 is 5.78 Å². The van der Waals surface area contributed by atoms with Crippen molar-refractivity contribution in [2.24, 2.45) is 10.8 Å². The first-order valence-electron chi connectivity index (χ1n) is 9.46. The van der Waals surface area contributed by atoms with Crippen LogP contribution in [0.1, 0.15) is 12.8 Å². The van der Waals surface area contributed by atoms with Crippen LogP contribution in [0.15, 0.2) is 0 Å². The molecule has 4 aliphatic rings. The maximum atomic E-state index is 13.6. The number of carbonyl (C=O) groups excluding carboxylic acids is 1. The third-order valence-electron chi connectivity index (χ3n) is 6.45. The molecule has 0 N–H and O–H groups in total. The van der Waals surface area contributed by atoms with E-state index in [0.29, 0.717) is 5.78 Å². The lowest BCUT2D eigenvalue weighted by Crippen LogP contribution is -2.60. The number of likely N-dealkylation sites (tertiary alicyclic amines) is 1. The molecule has 4 rings (SSSR count). The van der Waals surface area contributed by atoms with Crippen molar-refractivity contribution < 1.29 is 14.3 Å². The van der Waals surface area contributed by atoms with E-state index in [1.165, 1.54) is 0 Å². The monoisotopic (exact) mass is 337 g/mol. The van der Waals surface area contributed by atoms with E-state index < -0.39 is 0 Å². The maximum Gasteiger partial charge on any atom is 0.150 e. The highest BCUT2D eigenvalue weighted by Gasteiger charge is 2.60. The predicted octanol–water partition coefficient (Wildman–Crippen LogP) is -0.0681. The first-order chi connectivity index (χ1) is 11.6. The highest BCUT2D eigenvalue weighted by molar-refractivity contribution is 5.94. The van der Waals surface area contributed by atoms with Gasteiger partial charge in [0.1, 0.15) is 5.78 Å². The molecule has 3 saturated heterocycles. The van der Waals surface area contributed by atoms with Crippen LogP contribution in [0.3, 0.4) is 0 Å². The number of carbonyl (C=O) groups is 1. The summed E-state index contributed by atoms with van der Waals surface area (Å²) in [7, 11) is 2.19. The summed E-state index contributed by atoms with van der Waals surface area (Å²) < 4.78 is 11.0. The number of ketones is 1. The van der Waals surface area contributed by atoms with Crippen molar-refractivity contribution in [1.29, 1.82) is 0 Å². The summed E-state index contributed by atoms with van der Waals surface area (Å²) >= 11 is 0. The van der Waals surface area contributed by atoms with Gasteiger partial charge in [-0.2, -0.15) is 0 Å². The molecule has 1 saturated carbocycles. The summed E-state index contributed by atoms with van der Waals surface area (Å²) in [5, 5.41) is 0. The summed E-state index contributed by atoms with van der Waals surface area (Å²) in [6, 6.07) is 0. The van der Waals surface area contributed by atoms with Gasteiger partial charge in [-0.1, -0.05) is 0 Å². The highest BCUT2D eigenvalue weighted by atomic mass is 16.5. The molecule has 3 aliphatic heterocycles. The van der Waals surface area contributed by atoms with Gasteiger partial charge < -0.3 is 14.4 Å². The largest absolute Gasteiger partial charge is 0.379 e. The zero-order valence-corrected chi connectivity index (χ0v) is 15.0. The second kappa shape index (κ2) is 6.65. The Balaban J connectivity index is 1.50. The van der Waals surface area contributed by atoms with E-state index in [2.05, 4.69) is 21.7 Å². The number of hydrogen-bond donors (Lipinski definition) is 0. The van der Waals surface area contributed by atoms with Gasteiger partial charge in [0.15, 0.2) is 0 Å². The van der Waals surface area contributed by atoms with E-state index >= 15 is 0 Å². The molecule has 1 aliphatic carbocycles. The molecule has 2 unspecified atom stereocenters. The van der Waals surface area contributed by atoms with E-state index in [9.17, 15) is 4.79 Å². The first-order valence-corrected chi connectivity index (χ1v) is 9.46. The fourth-order valence-electron chi connectivity index (χ4n) is 5.44. The Bertz CT molecular complexity index is 436. The van der Waals surface area contributed by atoms with Crippen LogP contribution >= 0.6 is 0 Å². The van der Waals surface area contributed by atoms with E-state index in [1.807, 2.05) is 0 Å². The smallest absolute Gasteiger partial charge is 0.150 e. The Morgan fingerprint density at radius 3 is 1.67 bits per heavy atom. The fourth-order valence-corrected chi connectivity index (χ4v) is 5.44. The van der Waals surface area contributed by atoms with Crippen LogP contribution in [0.4, 0.5) is 0 Å².